The van der Waals surface area contributed by atoms with E-state index in [0.717, 1.165) is 11.1 Å². The molecule has 0 saturated heterocycles. The first-order valence-electron chi connectivity index (χ1n) is 12.1. The normalized spacial score (nSPS) is 11.4. The van der Waals surface area contributed by atoms with E-state index in [2.05, 4.69) is 5.32 Å². The summed E-state index contributed by atoms with van der Waals surface area (Å²) < 4.78 is 16.0. The lowest BCUT2D eigenvalue weighted by Crippen LogP contribution is -2.44. The van der Waals surface area contributed by atoms with Gasteiger partial charge in [0.05, 0.1) is 27.8 Å². The molecule has 196 valence electrons. The summed E-state index contributed by atoms with van der Waals surface area (Å²) in [6, 6.07) is 21.1. The lowest BCUT2D eigenvalue weighted by atomic mass is 10.0. The second kappa shape index (κ2) is 13.9. The zero-order valence-corrected chi connectivity index (χ0v) is 21.5. The Hall–Kier alpha value is -4.04. The van der Waals surface area contributed by atoms with Gasteiger partial charge in [-0.1, -0.05) is 48.5 Å². The summed E-state index contributed by atoms with van der Waals surface area (Å²) in [6.07, 6.45) is 0.481. The molecule has 3 rings (SSSR count). The van der Waals surface area contributed by atoms with E-state index in [9.17, 15) is 9.59 Å². The molecular formula is C29H34N2O6. The summed E-state index contributed by atoms with van der Waals surface area (Å²) >= 11 is 0. The topological polar surface area (TPSA) is 97.3 Å². The average molecular weight is 507 g/mol. The van der Waals surface area contributed by atoms with Gasteiger partial charge in [0, 0.05) is 19.7 Å². The number of aliphatic hydroxyl groups excluding tert-OH is 1. The number of aliphatic hydroxyl groups is 1. The molecule has 8 nitrogen and oxygen atoms in total. The van der Waals surface area contributed by atoms with Crippen LogP contribution in [0.3, 0.4) is 0 Å². The maximum Gasteiger partial charge on any atom is 0.247 e. The summed E-state index contributed by atoms with van der Waals surface area (Å²) in [5, 5.41) is 12.0. The molecular weight excluding hydrogens is 472 g/mol. The minimum atomic E-state index is -0.866. The van der Waals surface area contributed by atoms with Crippen LogP contribution < -0.4 is 19.5 Å². The van der Waals surface area contributed by atoms with Crippen LogP contribution in [0.2, 0.25) is 0 Å². The van der Waals surface area contributed by atoms with E-state index in [0.29, 0.717) is 35.8 Å². The second-order valence-electron chi connectivity index (χ2n) is 8.42. The molecule has 1 atom stereocenters. The van der Waals surface area contributed by atoms with Gasteiger partial charge in [0.15, 0.2) is 11.5 Å². The molecule has 0 saturated carbocycles. The van der Waals surface area contributed by atoms with Crippen molar-refractivity contribution in [3.63, 3.8) is 0 Å². The Morgan fingerprint density at radius 1 is 0.865 bits per heavy atom. The van der Waals surface area contributed by atoms with Gasteiger partial charge in [0.1, 0.15) is 11.8 Å². The van der Waals surface area contributed by atoms with E-state index in [1.807, 2.05) is 60.7 Å². The molecule has 0 aromatic heterocycles. The number of hydrogen-bond donors (Lipinski definition) is 2. The van der Waals surface area contributed by atoms with Crippen molar-refractivity contribution in [2.24, 2.45) is 0 Å². The van der Waals surface area contributed by atoms with Gasteiger partial charge < -0.3 is 29.5 Å². The average Bonchev–Trinajstić information content (AvgIpc) is 2.93. The van der Waals surface area contributed by atoms with Crippen molar-refractivity contribution in [2.75, 3.05) is 34.5 Å². The predicted molar refractivity (Wildman–Crippen MR) is 141 cm³/mol. The molecule has 0 aliphatic heterocycles. The lowest BCUT2D eigenvalue weighted by Gasteiger charge is -2.32. The molecule has 2 amide bonds. The molecule has 0 radical (unpaired) electrons. The van der Waals surface area contributed by atoms with Gasteiger partial charge in [0.2, 0.25) is 11.8 Å². The van der Waals surface area contributed by atoms with Gasteiger partial charge in [-0.3, -0.25) is 9.59 Å². The van der Waals surface area contributed by atoms with Crippen molar-refractivity contribution in [1.29, 1.82) is 0 Å². The van der Waals surface area contributed by atoms with Crippen molar-refractivity contribution >= 4 is 11.8 Å². The summed E-state index contributed by atoms with van der Waals surface area (Å²) in [4.78, 5) is 28.9. The van der Waals surface area contributed by atoms with Gasteiger partial charge in [-0.15, -0.1) is 0 Å². The number of nitrogens with one attached hydrogen (secondary N) is 1. The van der Waals surface area contributed by atoms with Gasteiger partial charge in [0.25, 0.3) is 0 Å². The Kier molecular flexibility index (Phi) is 10.3. The third kappa shape index (κ3) is 7.47. The highest BCUT2D eigenvalue weighted by molar-refractivity contribution is 5.89. The maximum absolute atomic E-state index is 13.9. The molecule has 0 spiro atoms. The first kappa shape index (κ1) is 27.5. The Morgan fingerprint density at radius 3 is 2.16 bits per heavy atom. The third-order valence-electron chi connectivity index (χ3n) is 5.95. The summed E-state index contributed by atoms with van der Waals surface area (Å²) in [5.74, 6) is 1.26. The fourth-order valence-electron chi connectivity index (χ4n) is 4.01. The van der Waals surface area contributed by atoms with E-state index >= 15 is 0 Å². The summed E-state index contributed by atoms with van der Waals surface area (Å²) in [7, 11) is 4.69. The Labute approximate surface area is 217 Å². The van der Waals surface area contributed by atoms with Crippen LogP contribution in [0.5, 0.6) is 17.2 Å². The molecule has 0 heterocycles. The van der Waals surface area contributed by atoms with Crippen LogP contribution in [0.1, 0.15) is 29.2 Å². The number of methoxy groups -OCH3 is 3. The molecule has 0 fully saturated rings. The van der Waals surface area contributed by atoms with Gasteiger partial charge in [-0.25, -0.2) is 0 Å². The highest BCUT2D eigenvalue weighted by Gasteiger charge is 2.31. The Bertz CT molecular complexity index is 1150. The highest BCUT2D eigenvalue weighted by Crippen LogP contribution is 2.29. The van der Waals surface area contributed by atoms with E-state index in [1.165, 1.54) is 0 Å². The van der Waals surface area contributed by atoms with Crippen molar-refractivity contribution in [2.45, 2.75) is 25.4 Å². The number of rotatable bonds is 13. The smallest absolute Gasteiger partial charge is 0.247 e. The molecule has 3 aromatic carbocycles. The van der Waals surface area contributed by atoms with Crippen LogP contribution >= 0.6 is 0 Å². The van der Waals surface area contributed by atoms with Gasteiger partial charge in [-0.05, 0) is 47.4 Å². The zero-order valence-electron chi connectivity index (χ0n) is 21.5. The first-order valence-corrected chi connectivity index (χ1v) is 12.1. The molecule has 8 heteroatoms. The number of nitrogens with zero attached hydrogens (tertiary/aromatic N) is 1. The number of benzene rings is 3. The third-order valence-corrected chi connectivity index (χ3v) is 5.95. The number of hydrogen-bond acceptors (Lipinski definition) is 6. The zero-order chi connectivity index (χ0) is 26.6. The van der Waals surface area contributed by atoms with Crippen LogP contribution in [-0.2, 0) is 22.6 Å². The quantitative estimate of drug-likeness (QED) is 0.344. The SMILES string of the molecule is COc1ccc(CN(C(=O)Cc2ccc(OC)c(OC)c2)C(C(=O)NCCCO)c2ccccc2)cc1. The summed E-state index contributed by atoms with van der Waals surface area (Å²) in [6.45, 7) is 0.478. The van der Waals surface area contributed by atoms with Crippen molar-refractivity contribution in [3.8, 4) is 17.2 Å². The first-order chi connectivity index (χ1) is 18.0. The fraction of sp³-hybridized carbons (Fsp3) is 0.310. The number of carbonyl (C=O) groups is 2. The molecule has 37 heavy (non-hydrogen) atoms. The number of amides is 2. The summed E-state index contributed by atoms with van der Waals surface area (Å²) in [5.41, 5.74) is 2.28. The predicted octanol–water partition coefficient (Wildman–Crippen LogP) is 3.52. The standard InChI is InChI=1S/C29H34N2O6/c1-35-24-13-10-21(11-14-24)20-31(27(33)19-22-12-15-25(36-2)26(18-22)37-3)28(23-8-5-4-6-9-23)29(34)30-16-7-17-32/h4-6,8-15,18,28,32H,7,16-17,19-20H2,1-3H3,(H,30,34). The molecule has 0 aliphatic carbocycles. The Balaban J connectivity index is 1.99. The minimum absolute atomic E-state index is 0.0376. The van der Waals surface area contributed by atoms with Crippen LogP contribution in [-0.4, -0.2) is 56.3 Å². The Morgan fingerprint density at radius 2 is 1.54 bits per heavy atom. The van der Waals surface area contributed by atoms with Crippen LogP contribution in [0.15, 0.2) is 72.8 Å². The van der Waals surface area contributed by atoms with E-state index in [1.54, 1.807) is 38.4 Å². The van der Waals surface area contributed by atoms with Crippen molar-refractivity contribution < 1.29 is 28.9 Å². The van der Waals surface area contributed by atoms with Crippen molar-refractivity contribution in [1.82, 2.24) is 10.2 Å². The molecule has 2 N–H and O–H groups in total. The highest BCUT2D eigenvalue weighted by atomic mass is 16.5. The van der Waals surface area contributed by atoms with Crippen LogP contribution in [0.4, 0.5) is 0 Å². The molecule has 0 bridgehead atoms. The van der Waals surface area contributed by atoms with Crippen LogP contribution in [0, 0.1) is 0 Å². The van der Waals surface area contributed by atoms with Crippen LogP contribution in [0.25, 0.3) is 0 Å². The van der Waals surface area contributed by atoms with Gasteiger partial charge >= 0.3 is 0 Å². The fourth-order valence-corrected chi connectivity index (χ4v) is 4.01. The minimum Gasteiger partial charge on any atom is -0.497 e. The molecule has 1 unspecified atom stereocenters. The van der Waals surface area contributed by atoms with E-state index in [-0.39, 0.29) is 31.4 Å². The number of ether oxygens (including phenoxy) is 3. The number of carbonyl (C=O) groups excluding carboxylic acids is 2. The van der Waals surface area contributed by atoms with Gasteiger partial charge in [-0.2, -0.15) is 0 Å². The molecule has 0 aliphatic rings. The second-order valence-corrected chi connectivity index (χ2v) is 8.42. The monoisotopic (exact) mass is 506 g/mol. The lowest BCUT2D eigenvalue weighted by molar-refractivity contribution is -0.141. The largest absolute Gasteiger partial charge is 0.497 e. The van der Waals surface area contributed by atoms with E-state index < -0.39 is 6.04 Å². The van der Waals surface area contributed by atoms with E-state index in [4.69, 9.17) is 19.3 Å². The molecule has 3 aromatic rings. The van der Waals surface area contributed by atoms with Crippen molar-refractivity contribution in [3.05, 3.63) is 89.5 Å². The maximum atomic E-state index is 13.9.